The van der Waals surface area contributed by atoms with Crippen molar-refractivity contribution in [2.75, 3.05) is 18.9 Å². The number of carboxylic acid groups (broad SMARTS) is 1. The lowest BCUT2D eigenvalue weighted by molar-refractivity contribution is -0.138. The Hall–Kier alpha value is -3.98. The smallest absolute Gasteiger partial charge is 0.425 e. The van der Waals surface area contributed by atoms with E-state index >= 15 is 0 Å². The standard InChI is InChI=1S/C29H37N5O8S2/c1-34(26(36)22-11-7-10-21(22)25(30)35)14-4-2-3-5-15-42-28(39)33-44(40,41)29(12-13-29)17-24-32-23(18-43-24)19-8-6-9-20(16-19)31-27(37)38/h5-6,8-9,15-16,18,21-22,31H,2-4,7,10-14,17H2,1H3,(H2,30,35)(H,33,39)(H,37,38)/b15-5-/t21-,22-/m1/s1. The van der Waals surface area contributed by atoms with Gasteiger partial charge < -0.3 is 20.5 Å². The summed E-state index contributed by atoms with van der Waals surface area (Å²) in [5.74, 6) is -1.22. The van der Waals surface area contributed by atoms with Crippen LogP contribution in [0.3, 0.4) is 0 Å². The molecular weight excluding hydrogens is 610 g/mol. The minimum Gasteiger partial charge on any atom is -0.465 e. The summed E-state index contributed by atoms with van der Waals surface area (Å²) >= 11 is 1.29. The first-order valence-corrected chi connectivity index (χ1v) is 16.7. The van der Waals surface area contributed by atoms with Crippen molar-refractivity contribution in [3.63, 3.8) is 0 Å². The van der Waals surface area contributed by atoms with Crippen LogP contribution in [0.1, 0.15) is 56.4 Å². The molecule has 0 spiro atoms. The molecule has 2 aliphatic rings. The summed E-state index contributed by atoms with van der Waals surface area (Å²) in [6.45, 7) is 0.519. The number of nitrogens with one attached hydrogen (secondary N) is 2. The lowest BCUT2D eigenvalue weighted by Crippen LogP contribution is -2.40. The summed E-state index contributed by atoms with van der Waals surface area (Å²) in [4.78, 5) is 53.6. The molecule has 238 valence electrons. The number of allylic oxidation sites excluding steroid dienone is 1. The first kappa shape index (κ1) is 32.9. The Morgan fingerprint density at radius 3 is 2.66 bits per heavy atom. The van der Waals surface area contributed by atoms with Gasteiger partial charge in [0.2, 0.25) is 21.8 Å². The molecule has 44 heavy (non-hydrogen) atoms. The van der Waals surface area contributed by atoms with E-state index in [9.17, 15) is 27.6 Å². The van der Waals surface area contributed by atoms with Gasteiger partial charge in [-0.15, -0.1) is 11.3 Å². The topological polar surface area (TPSA) is 198 Å². The van der Waals surface area contributed by atoms with Gasteiger partial charge in [0.15, 0.2) is 0 Å². The zero-order valence-electron chi connectivity index (χ0n) is 24.4. The Kier molecular flexibility index (Phi) is 10.6. The largest absolute Gasteiger partial charge is 0.465 e. The van der Waals surface area contributed by atoms with Crippen LogP contribution in [0.4, 0.5) is 15.3 Å². The highest BCUT2D eigenvalue weighted by Gasteiger charge is 2.56. The third kappa shape index (κ3) is 8.34. The van der Waals surface area contributed by atoms with Crippen LogP contribution >= 0.6 is 11.3 Å². The number of hydrogen-bond acceptors (Lipinski definition) is 9. The molecule has 0 bridgehead atoms. The summed E-state index contributed by atoms with van der Waals surface area (Å²) in [7, 11) is -2.33. The molecule has 0 unspecified atom stereocenters. The Bertz CT molecular complexity index is 1520. The second-order valence-electron chi connectivity index (χ2n) is 11.2. The van der Waals surface area contributed by atoms with Crippen molar-refractivity contribution >= 4 is 51.0 Å². The van der Waals surface area contributed by atoms with Crippen LogP contribution < -0.4 is 15.8 Å². The van der Waals surface area contributed by atoms with Gasteiger partial charge in [0.1, 0.15) is 0 Å². The number of ether oxygens (including phenoxy) is 1. The van der Waals surface area contributed by atoms with Gasteiger partial charge >= 0.3 is 12.2 Å². The lowest BCUT2D eigenvalue weighted by atomic mass is 9.94. The summed E-state index contributed by atoms with van der Waals surface area (Å²) < 4.78 is 31.8. The number of nitrogens with two attached hydrogens (primary N) is 1. The number of thiazole rings is 1. The maximum Gasteiger partial charge on any atom is 0.425 e. The van der Waals surface area contributed by atoms with E-state index in [0.717, 1.165) is 12.7 Å². The molecule has 4 amide bonds. The number of carbonyl (C=O) groups is 4. The number of nitrogens with zero attached hydrogens (tertiary/aromatic N) is 2. The van der Waals surface area contributed by atoms with Gasteiger partial charge in [-0.25, -0.2) is 27.7 Å². The monoisotopic (exact) mass is 647 g/mol. The number of primary amides is 1. The van der Waals surface area contributed by atoms with Crippen LogP contribution in [-0.2, 0) is 30.8 Å². The number of rotatable bonds is 14. The van der Waals surface area contributed by atoms with Crippen molar-refractivity contribution in [2.45, 2.75) is 62.5 Å². The zero-order valence-corrected chi connectivity index (χ0v) is 26.0. The molecule has 0 radical (unpaired) electrons. The number of unbranched alkanes of at least 4 members (excludes halogenated alkanes) is 2. The van der Waals surface area contributed by atoms with Crippen molar-refractivity contribution in [1.29, 1.82) is 0 Å². The molecule has 0 aliphatic heterocycles. The molecule has 0 saturated heterocycles. The molecular formula is C29H37N5O8S2. The first-order valence-electron chi connectivity index (χ1n) is 14.4. The van der Waals surface area contributed by atoms with Crippen LogP contribution in [0.25, 0.3) is 11.3 Å². The molecule has 2 saturated carbocycles. The molecule has 1 heterocycles. The molecule has 2 aromatic rings. The van der Waals surface area contributed by atoms with Crippen LogP contribution in [-0.4, -0.2) is 65.7 Å². The average Bonchev–Trinajstić information content (AvgIpc) is 3.36. The third-order valence-electron chi connectivity index (χ3n) is 7.99. The van der Waals surface area contributed by atoms with Gasteiger partial charge in [-0.05, 0) is 63.2 Å². The van der Waals surface area contributed by atoms with E-state index in [1.165, 1.54) is 11.3 Å². The summed E-state index contributed by atoms with van der Waals surface area (Å²) in [6, 6.07) is 6.72. The van der Waals surface area contributed by atoms with Crippen molar-refractivity contribution in [3.8, 4) is 11.3 Å². The minimum absolute atomic E-state index is 0.0629. The van der Waals surface area contributed by atoms with Crippen molar-refractivity contribution < 1.29 is 37.4 Å². The van der Waals surface area contributed by atoms with Gasteiger partial charge in [0.05, 0.1) is 21.7 Å². The molecule has 5 N–H and O–H groups in total. The summed E-state index contributed by atoms with van der Waals surface area (Å²) in [6.07, 6.45) is 5.47. The Morgan fingerprint density at radius 2 is 1.95 bits per heavy atom. The predicted molar refractivity (Wildman–Crippen MR) is 164 cm³/mol. The predicted octanol–water partition coefficient (Wildman–Crippen LogP) is 4.08. The van der Waals surface area contributed by atoms with Crippen molar-refractivity contribution in [1.82, 2.24) is 14.6 Å². The fourth-order valence-electron chi connectivity index (χ4n) is 5.38. The van der Waals surface area contributed by atoms with Crippen molar-refractivity contribution in [3.05, 3.63) is 47.0 Å². The van der Waals surface area contributed by atoms with E-state index in [1.807, 2.05) is 4.72 Å². The molecule has 1 aromatic carbocycles. The van der Waals surface area contributed by atoms with Crippen LogP contribution in [0.15, 0.2) is 42.0 Å². The number of carbonyl (C=O) groups excluding carboxylic acids is 3. The average molecular weight is 648 g/mol. The quantitative estimate of drug-likeness (QED) is 0.172. The molecule has 15 heteroatoms. The number of benzene rings is 1. The zero-order chi connectivity index (χ0) is 31.9. The highest BCUT2D eigenvalue weighted by atomic mass is 32.2. The van der Waals surface area contributed by atoms with Crippen molar-refractivity contribution in [2.24, 2.45) is 17.6 Å². The molecule has 2 aliphatic carbocycles. The molecule has 13 nitrogen and oxygen atoms in total. The van der Waals surface area contributed by atoms with Gasteiger partial charge in [-0.3, -0.25) is 14.9 Å². The fourth-order valence-corrected chi connectivity index (χ4v) is 7.87. The second kappa shape index (κ2) is 14.2. The maximum absolute atomic E-state index is 13.0. The fraction of sp³-hybridized carbons (Fsp3) is 0.483. The number of anilines is 1. The third-order valence-corrected chi connectivity index (χ3v) is 11.0. The lowest BCUT2D eigenvalue weighted by Gasteiger charge is -2.23. The van der Waals surface area contributed by atoms with E-state index in [1.54, 1.807) is 47.7 Å². The number of sulfonamides is 1. The van der Waals surface area contributed by atoms with Gasteiger partial charge in [-0.1, -0.05) is 18.6 Å². The number of aromatic nitrogens is 1. The Balaban J connectivity index is 1.19. The SMILES string of the molecule is CN(CCCC/C=C\OC(=O)NS(=O)(=O)C1(Cc2nc(-c3cccc(NC(=O)O)c3)cs2)CC1)C(=O)[C@@H]1CCC[C@H]1C(N)=O. The Morgan fingerprint density at radius 1 is 1.20 bits per heavy atom. The van der Waals surface area contributed by atoms with Crippen LogP contribution in [0.2, 0.25) is 0 Å². The van der Waals surface area contributed by atoms with E-state index in [0.29, 0.717) is 73.4 Å². The molecule has 1 aromatic heterocycles. The molecule has 2 fully saturated rings. The Labute approximate surface area is 259 Å². The van der Waals surface area contributed by atoms with Gasteiger partial charge in [0, 0.05) is 48.5 Å². The van der Waals surface area contributed by atoms with E-state index in [2.05, 4.69) is 10.3 Å². The highest BCUT2D eigenvalue weighted by molar-refractivity contribution is 7.91. The number of amides is 4. The van der Waals surface area contributed by atoms with E-state index in [-0.39, 0.29) is 18.2 Å². The highest BCUT2D eigenvalue weighted by Crippen LogP contribution is 2.46. The van der Waals surface area contributed by atoms with E-state index in [4.69, 9.17) is 15.6 Å². The molecule has 2 atom stereocenters. The first-order chi connectivity index (χ1) is 20.9. The van der Waals surface area contributed by atoms with Gasteiger partial charge in [-0.2, -0.15) is 0 Å². The van der Waals surface area contributed by atoms with E-state index < -0.39 is 38.8 Å². The molecule has 4 rings (SSSR count). The van der Waals surface area contributed by atoms with Crippen LogP contribution in [0, 0.1) is 11.8 Å². The number of hydrogen-bond donors (Lipinski definition) is 4. The van der Waals surface area contributed by atoms with Gasteiger partial charge in [0.25, 0.3) is 0 Å². The summed E-state index contributed by atoms with van der Waals surface area (Å²) in [5, 5.41) is 13.6. The minimum atomic E-state index is -4.04. The van der Waals surface area contributed by atoms with Crippen LogP contribution in [0.5, 0.6) is 0 Å². The second-order valence-corrected chi connectivity index (χ2v) is 14.2. The normalized spacial score (nSPS) is 18.9. The summed E-state index contributed by atoms with van der Waals surface area (Å²) in [5.41, 5.74) is 7.10. The maximum atomic E-state index is 13.0.